The summed E-state index contributed by atoms with van der Waals surface area (Å²) in [6.07, 6.45) is 4.23. The molecular weight excluding hydrogens is 322 g/mol. The number of nitrogens with one attached hydrogen (secondary N) is 2. The lowest BCUT2D eigenvalue weighted by Crippen LogP contribution is -2.51. The zero-order chi connectivity index (χ0) is 16.2. The second-order valence-corrected chi connectivity index (χ2v) is 8.83. The molecule has 0 aromatic carbocycles. The predicted molar refractivity (Wildman–Crippen MR) is 87.3 cm³/mol. The van der Waals surface area contributed by atoms with Crippen LogP contribution in [0.15, 0.2) is 16.3 Å². The first-order chi connectivity index (χ1) is 10.4. The first-order valence-electron chi connectivity index (χ1n) is 7.44. The standard InChI is InChI=1S/C14H23N3O3S2/c1-11(18)16-9-6-12-4-5-13(21-12)22(19,20)17-14(10-15)7-2-3-8-14/h4-5,17H,2-3,6-10,15H2,1H3,(H,16,18). The summed E-state index contributed by atoms with van der Waals surface area (Å²) < 4.78 is 28.2. The number of carbonyl (C=O) groups is 1. The smallest absolute Gasteiger partial charge is 0.250 e. The van der Waals surface area contributed by atoms with Crippen LogP contribution >= 0.6 is 11.3 Å². The average molecular weight is 345 g/mol. The van der Waals surface area contributed by atoms with Crippen molar-refractivity contribution in [2.45, 2.75) is 48.8 Å². The summed E-state index contributed by atoms with van der Waals surface area (Å²) in [4.78, 5) is 11.8. The van der Waals surface area contributed by atoms with Gasteiger partial charge in [0, 0.05) is 30.4 Å². The van der Waals surface area contributed by atoms with E-state index in [-0.39, 0.29) is 5.91 Å². The highest BCUT2D eigenvalue weighted by atomic mass is 32.2. The minimum Gasteiger partial charge on any atom is -0.356 e. The molecule has 0 bridgehead atoms. The number of hydrogen-bond acceptors (Lipinski definition) is 5. The fourth-order valence-corrected chi connectivity index (χ4v) is 5.56. The van der Waals surface area contributed by atoms with Gasteiger partial charge in [-0.15, -0.1) is 11.3 Å². The van der Waals surface area contributed by atoms with Gasteiger partial charge in [0.05, 0.1) is 0 Å². The normalized spacial score (nSPS) is 17.5. The minimum atomic E-state index is -3.53. The maximum absolute atomic E-state index is 12.5. The third kappa shape index (κ3) is 4.28. The van der Waals surface area contributed by atoms with Crippen molar-refractivity contribution < 1.29 is 13.2 Å². The molecule has 4 N–H and O–H groups in total. The minimum absolute atomic E-state index is 0.0859. The lowest BCUT2D eigenvalue weighted by molar-refractivity contribution is -0.118. The zero-order valence-corrected chi connectivity index (χ0v) is 14.4. The summed E-state index contributed by atoms with van der Waals surface area (Å²) in [5, 5.41) is 2.70. The molecule has 0 saturated heterocycles. The van der Waals surface area contributed by atoms with E-state index in [4.69, 9.17) is 5.73 Å². The highest BCUT2D eigenvalue weighted by molar-refractivity contribution is 7.91. The van der Waals surface area contributed by atoms with Crippen LogP contribution in [-0.2, 0) is 21.2 Å². The number of rotatable bonds is 7. The van der Waals surface area contributed by atoms with Crippen LogP contribution in [-0.4, -0.2) is 33.0 Å². The molecule has 124 valence electrons. The van der Waals surface area contributed by atoms with Crippen molar-refractivity contribution in [3.05, 3.63) is 17.0 Å². The first-order valence-corrected chi connectivity index (χ1v) is 9.74. The summed E-state index contributed by atoms with van der Waals surface area (Å²) in [5.41, 5.74) is 5.30. The van der Waals surface area contributed by atoms with Crippen molar-refractivity contribution in [1.82, 2.24) is 10.0 Å². The summed E-state index contributed by atoms with van der Waals surface area (Å²) in [5.74, 6) is -0.0859. The summed E-state index contributed by atoms with van der Waals surface area (Å²) >= 11 is 1.24. The third-order valence-electron chi connectivity index (χ3n) is 3.95. The molecule has 0 atom stereocenters. The number of amides is 1. The summed E-state index contributed by atoms with van der Waals surface area (Å²) in [6.45, 7) is 2.30. The van der Waals surface area contributed by atoms with E-state index in [2.05, 4.69) is 10.0 Å². The molecule has 0 spiro atoms. The van der Waals surface area contributed by atoms with E-state index < -0.39 is 15.6 Å². The Kier molecular flexibility index (Phi) is 5.60. The molecule has 1 fully saturated rings. The van der Waals surface area contributed by atoms with Crippen LogP contribution in [0.2, 0.25) is 0 Å². The number of nitrogens with two attached hydrogens (primary N) is 1. The Hall–Kier alpha value is -0.960. The molecule has 1 amide bonds. The van der Waals surface area contributed by atoms with Gasteiger partial charge in [-0.3, -0.25) is 4.79 Å². The maximum atomic E-state index is 12.5. The van der Waals surface area contributed by atoms with Gasteiger partial charge >= 0.3 is 0 Å². The van der Waals surface area contributed by atoms with Crippen molar-refractivity contribution in [2.75, 3.05) is 13.1 Å². The van der Waals surface area contributed by atoms with Gasteiger partial charge in [-0.25, -0.2) is 13.1 Å². The van der Waals surface area contributed by atoms with Crippen molar-refractivity contribution >= 4 is 27.3 Å². The Labute approximate surface area is 135 Å². The topological polar surface area (TPSA) is 101 Å². The SMILES string of the molecule is CC(=O)NCCc1ccc(S(=O)(=O)NC2(CN)CCCC2)s1. The molecule has 2 rings (SSSR count). The van der Waals surface area contributed by atoms with Crippen LogP contribution in [0.25, 0.3) is 0 Å². The van der Waals surface area contributed by atoms with Crippen molar-refractivity contribution in [3.8, 4) is 0 Å². The van der Waals surface area contributed by atoms with Gasteiger partial charge in [0.25, 0.3) is 10.0 Å². The molecule has 0 radical (unpaired) electrons. The molecule has 1 aliphatic rings. The molecule has 1 heterocycles. The highest BCUT2D eigenvalue weighted by Gasteiger charge is 2.37. The fourth-order valence-electron chi connectivity index (χ4n) is 2.73. The highest BCUT2D eigenvalue weighted by Crippen LogP contribution is 2.31. The molecule has 6 nitrogen and oxygen atoms in total. The largest absolute Gasteiger partial charge is 0.356 e. The second-order valence-electron chi connectivity index (χ2n) is 5.75. The molecule has 1 saturated carbocycles. The Morgan fingerprint density at radius 2 is 2.05 bits per heavy atom. The van der Waals surface area contributed by atoms with E-state index in [1.54, 1.807) is 12.1 Å². The number of hydrogen-bond donors (Lipinski definition) is 3. The van der Waals surface area contributed by atoms with Crippen molar-refractivity contribution in [2.24, 2.45) is 5.73 Å². The van der Waals surface area contributed by atoms with Crippen LogP contribution in [0.4, 0.5) is 0 Å². The average Bonchev–Trinajstić information content (AvgIpc) is 3.08. The van der Waals surface area contributed by atoms with E-state index >= 15 is 0 Å². The van der Waals surface area contributed by atoms with Gasteiger partial charge in [0.15, 0.2) is 0 Å². The quantitative estimate of drug-likeness (QED) is 0.685. The van der Waals surface area contributed by atoms with Gasteiger partial charge in [0.1, 0.15) is 4.21 Å². The Balaban J connectivity index is 2.03. The van der Waals surface area contributed by atoms with E-state index in [9.17, 15) is 13.2 Å². The zero-order valence-electron chi connectivity index (χ0n) is 12.7. The van der Waals surface area contributed by atoms with Gasteiger partial charge in [-0.1, -0.05) is 12.8 Å². The van der Waals surface area contributed by atoms with Crippen LogP contribution in [0.3, 0.4) is 0 Å². The Morgan fingerprint density at radius 3 is 2.64 bits per heavy atom. The fraction of sp³-hybridized carbons (Fsp3) is 0.643. The lowest BCUT2D eigenvalue weighted by Gasteiger charge is -2.27. The molecular formula is C14H23N3O3S2. The molecule has 0 unspecified atom stereocenters. The van der Waals surface area contributed by atoms with E-state index in [1.165, 1.54) is 18.3 Å². The lowest BCUT2D eigenvalue weighted by atomic mass is 10.0. The first kappa shape index (κ1) is 17.4. The third-order valence-corrected chi connectivity index (χ3v) is 7.16. The van der Waals surface area contributed by atoms with Crippen LogP contribution in [0, 0.1) is 0 Å². The van der Waals surface area contributed by atoms with E-state index in [0.29, 0.717) is 23.7 Å². The van der Waals surface area contributed by atoms with Crippen LogP contribution in [0.1, 0.15) is 37.5 Å². The Morgan fingerprint density at radius 1 is 1.36 bits per heavy atom. The van der Waals surface area contributed by atoms with Crippen molar-refractivity contribution in [3.63, 3.8) is 0 Å². The summed E-state index contributed by atoms with van der Waals surface area (Å²) in [7, 11) is -3.53. The van der Waals surface area contributed by atoms with Crippen molar-refractivity contribution in [1.29, 1.82) is 0 Å². The van der Waals surface area contributed by atoms with E-state index in [1.807, 2.05) is 0 Å². The number of thiophene rings is 1. The van der Waals surface area contributed by atoms with Crippen LogP contribution in [0.5, 0.6) is 0 Å². The molecule has 8 heteroatoms. The molecule has 0 aliphatic heterocycles. The second kappa shape index (κ2) is 7.08. The van der Waals surface area contributed by atoms with E-state index in [0.717, 1.165) is 30.6 Å². The van der Waals surface area contributed by atoms with Gasteiger partial charge in [-0.2, -0.15) is 0 Å². The molecule has 1 aromatic heterocycles. The van der Waals surface area contributed by atoms with Crippen LogP contribution < -0.4 is 15.8 Å². The molecule has 1 aromatic rings. The predicted octanol–water partition coefficient (Wildman–Crippen LogP) is 0.976. The number of carbonyl (C=O) groups excluding carboxylic acids is 1. The van der Waals surface area contributed by atoms with Gasteiger partial charge in [-0.05, 0) is 31.4 Å². The van der Waals surface area contributed by atoms with Gasteiger partial charge in [0.2, 0.25) is 5.91 Å². The van der Waals surface area contributed by atoms with Gasteiger partial charge < -0.3 is 11.1 Å². The monoisotopic (exact) mass is 345 g/mol. The summed E-state index contributed by atoms with van der Waals surface area (Å²) in [6, 6.07) is 3.42. The number of sulfonamides is 1. The molecule has 22 heavy (non-hydrogen) atoms. The Bertz CT molecular complexity index is 619. The molecule has 1 aliphatic carbocycles. The maximum Gasteiger partial charge on any atom is 0.250 e.